The summed E-state index contributed by atoms with van der Waals surface area (Å²) in [7, 11) is -4.63. The van der Waals surface area contributed by atoms with Crippen molar-refractivity contribution in [2.45, 2.75) is 84.0 Å². The van der Waals surface area contributed by atoms with Crippen LogP contribution in [0.15, 0.2) is 0 Å². The minimum absolute atomic E-state index is 0. The monoisotopic (exact) mass is 448 g/mol. The predicted octanol–water partition coefficient (Wildman–Crippen LogP) is 1.22. The topological polar surface area (TPSA) is 94.1 Å². The minimum Gasteiger partial charge on any atom is -0.726 e. The Morgan fingerprint density at radius 2 is 0.897 bits per heavy atom. The fourth-order valence-corrected chi connectivity index (χ4v) is 3.05. The molecule has 0 heterocycles. The van der Waals surface area contributed by atoms with Crippen molar-refractivity contribution >= 4 is 10.4 Å². The fourth-order valence-electron chi connectivity index (χ4n) is 2.78. The van der Waals surface area contributed by atoms with E-state index in [4.69, 9.17) is 14.2 Å². The standard InChI is InChI=1S/C20H42O7S.Na/c1-2-3-4-5-6-7-8-9-10-11-12-13-14-24-15-16-25-17-18-26-19-20-27-28(21,22)23;/h2-20H2,1H3,(H,21,22,23);/q;+1/p-1. The van der Waals surface area contributed by atoms with Crippen LogP contribution in [-0.2, 0) is 28.8 Å². The third-order valence-corrected chi connectivity index (χ3v) is 4.80. The van der Waals surface area contributed by atoms with Gasteiger partial charge in [-0.15, -0.1) is 0 Å². The molecule has 0 spiro atoms. The van der Waals surface area contributed by atoms with E-state index in [0.29, 0.717) is 26.4 Å². The third kappa shape index (κ3) is 31.0. The number of rotatable bonds is 23. The summed E-state index contributed by atoms with van der Waals surface area (Å²) in [6.07, 6.45) is 16.0. The van der Waals surface area contributed by atoms with Crippen LogP contribution in [0, 0.1) is 0 Å². The molecule has 0 N–H and O–H groups in total. The summed E-state index contributed by atoms with van der Waals surface area (Å²) < 4.78 is 50.4. The zero-order valence-electron chi connectivity index (χ0n) is 18.7. The maximum atomic E-state index is 10.2. The summed E-state index contributed by atoms with van der Waals surface area (Å²) in [4.78, 5) is 0. The van der Waals surface area contributed by atoms with Crippen LogP contribution in [0.25, 0.3) is 0 Å². The van der Waals surface area contributed by atoms with Crippen molar-refractivity contribution in [2.75, 3.05) is 46.2 Å². The Bertz CT molecular complexity index is 408. The smallest absolute Gasteiger partial charge is 0.726 e. The first-order valence-corrected chi connectivity index (χ1v) is 12.2. The van der Waals surface area contributed by atoms with Gasteiger partial charge in [-0.25, -0.2) is 8.42 Å². The second-order valence-corrected chi connectivity index (χ2v) is 8.01. The van der Waals surface area contributed by atoms with Crippen molar-refractivity contribution in [1.82, 2.24) is 0 Å². The maximum absolute atomic E-state index is 10.2. The third-order valence-electron chi connectivity index (χ3n) is 4.34. The Hall–Kier alpha value is 0.750. The molecule has 0 bridgehead atoms. The van der Waals surface area contributed by atoms with Crippen molar-refractivity contribution in [3.63, 3.8) is 0 Å². The van der Waals surface area contributed by atoms with Crippen molar-refractivity contribution in [3.8, 4) is 0 Å². The van der Waals surface area contributed by atoms with E-state index >= 15 is 0 Å². The second-order valence-electron chi connectivity index (χ2n) is 6.96. The Morgan fingerprint density at radius 3 is 1.31 bits per heavy atom. The van der Waals surface area contributed by atoms with Gasteiger partial charge in [0.15, 0.2) is 0 Å². The van der Waals surface area contributed by atoms with Gasteiger partial charge in [0, 0.05) is 6.61 Å². The SMILES string of the molecule is CCCCCCCCCCCCCCOCCOCCOCCOS(=O)(=O)[O-].[Na+]. The molecular formula is C20H41NaO7S. The zero-order chi connectivity index (χ0) is 20.8. The summed E-state index contributed by atoms with van der Waals surface area (Å²) in [5, 5.41) is 0. The Kier molecular flexibility index (Phi) is 27.5. The van der Waals surface area contributed by atoms with E-state index in [9.17, 15) is 13.0 Å². The molecule has 0 rings (SSSR count). The van der Waals surface area contributed by atoms with E-state index in [2.05, 4.69) is 11.1 Å². The van der Waals surface area contributed by atoms with Gasteiger partial charge in [0.05, 0.1) is 39.6 Å². The van der Waals surface area contributed by atoms with Crippen molar-refractivity contribution in [3.05, 3.63) is 0 Å². The van der Waals surface area contributed by atoms with Crippen LogP contribution in [0.5, 0.6) is 0 Å². The molecule has 0 aliphatic heterocycles. The van der Waals surface area contributed by atoms with Gasteiger partial charge in [-0.05, 0) is 6.42 Å². The van der Waals surface area contributed by atoms with Gasteiger partial charge < -0.3 is 18.8 Å². The molecule has 0 unspecified atom stereocenters. The molecule has 7 nitrogen and oxygen atoms in total. The number of ether oxygens (including phenoxy) is 3. The Morgan fingerprint density at radius 1 is 0.552 bits per heavy atom. The summed E-state index contributed by atoms with van der Waals surface area (Å²) in [5.41, 5.74) is 0. The largest absolute Gasteiger partial charge is 1.00 e. The van der Waals surface area contributed by atoms with E-state index < -0.39 is 10.4 Å². The van der Waals surface area contributed by atoms with E-state index in [-0.39, 0.29) is 42.8 Å². The van der Waals surface area contributed by atoms with Gasteiger partial charge in [0.25, 0.3) is 0 Å². The molecule has 0 aromatic carbocycles. The van der Waals surface area contributed by atoms with Gasteiger partial charge in [-0.3, -0.25) is 4.18 Å². The molecule has 29 heavy (non-hydrogen) atoms. The molecule has 9 heteroatoms. The molecule has 0 aromatic rings. The van der Waals surface area contributed by atoms with Crippen LogP contribution in [0.3, 0.4) is 0 Å². The fraction of sp³-hybridized carbons (Fsp3) is 1.00. The summed E-state index contributed by atoms with van der Waals surface area (Å²) in [5.74, 6) is 0. The first-order valence-electron chi connectivity index (χ1n) is 10.9. The first kappa shape index (κ1) is 31.9. The molecule has 0 atom stereocenters. The first-order chi connectivity index (χ1) is 13.6. The molecular weight excluding hydrogens is 407 g/mol. The summed E-state index contributed by atoms with van der Waals surface area (Å²) >= 11 is 0. The maximum Gasteiger partial charge on any atom is 1.00 e. The van der Waals surface area contributed by atoms with Crippen LogP contribution >= 0.6 is 0 Å². The average Bonchev–Trinajstić information content (AvgIpc) is 2.65. The molecule has 0 amide bonds. The number of hydrogen-bond acceptors (Lipinski definition) is 7. The van der Waals surface area contributed by atoms with Gasteiger partial charge in [-0.2, -0.15) is 0 Å². The molecule has 0 aliphatic carbocycles. The van der Waals surface area contributed by atoms with E-state index in [1.165, 1.54) is 70.6 Å². The molecule has 0 radical (unpaired) electrons. The van der Waals surface area contributed by atoms with Gasteiger partial charge in [-0.1, -0.05) is 77.6 Å². The molecule has 0 saturated heterocycles. The Balaban J connectivity index is 0. The molecule has 0 aromatic heterocycles. The molecule has 0 aliphatic rings. The average molecular weight is 449 g/mol. The summed E-state index contributed by atoms with van der Waals surface area (Å²) in [6, 6.07) is 0. The van der Waals surface area contributed by atoms with E-state index in [1.54, 1.807) is 0 Å². The van der Waals surface area contributed by atoms with Crippen molar-refractivity contribution in [1.29, 1.82) is 0 Å². The van der Waals surface area contributed by atoms with Crippen LogP contribution in [0.1, 0.15) is 84.0 Å². The summed E-state index contributed by atoms with van der Waals surface area (Å²) in [6.45, 7) is 4.59. The number of hydrogen-bond donors (Lipinski definition) is 0. The molecule has 0 fully saturated rings. The van der Waals surface area contributed by atoms with Gasteiger partial charge in [0.2, 0.25) is 10.4 Å². The number of unbranched alkanes of at least 4 members (excludes halogenated alkanes) is 11. The normalized spacial score (nSPS) is 11.5. The van der Waals surface area contributed by atoms with E-state index in [0.717, 1.165) is 13.0 Å². The molecule has 170 valence electrons. The second kappa shape index (κ2) is 25.0. The van der Waals surface area contributed by atoms with Crippen LogP contribution in [0.4, 0.5) is 0 Å². The van der Waals surface area contributed by atoms with Crippen LogP contribution < -0.4 is 29.6 Å². The quantitative estimate of drug-likeness (QED) is 0.100. The van der Waals surface area contributed by atoms with Crippen LogP contribution in [0.2, 0.25) is 0 Å². The van der Waals surface area contributed by atoms with Crippen LogP contribution in [-0.4, -0.2) is 59.2 Å². The van der Waals surface area contributed by atoms with E-state index in [1.807, 2.05) is 0 Å². The predicted molar refractivity (Wildman–Crippen MR) is 109 cm³/mol. The zero-order valence-corrected chi connectivity index (χ0v) is 21.5. The van der Waals surface area contributed by atoms with Gasteiger partial charge in [0.1, 0.15) is 0 Å². The minimum atomic E-state index is -4.63. The van der Waals surface area contributed by atoms with Crippen molar-refractivity contribution in [2.24, 2.45) is 0 Å². The van der Waals surface area contributed by atoms with Gasteiger partial charge >= 0.3 is 29.6 Å². The molecule has 0 saturated carbocycles. The Labute approximate surface area is 200 Å². The van der Waals surface area contributed by atoms with Crippen molar-refractivity contribution < 1.29 is 60.9 Å².